The van der Waals surface area contributed by atoms with Crippen molar-refractivity contribution in [3.05, 3.63) is 65.9 Å². The van der Waals surface area contributed by atoms with E-state index in [9.17, 15) is 24.0 Å². The minimum Gasteiger partial charge on any atom is -0.469 e. The molecule has 11 nitrogen and oxygen atoms in total. The molecule has 2 atom stereocenters. The molecule has 0 bridgehead atoms. The third kappa shape index (κ3) is 5.68. The summed E-state index contributed by atoms with van der Waals surface area (Å²) in [7, 11) is 2.55. The Morgan fingerprint density at radius 3 is 2.21 bits per heavy atom. The van der Waals surface area contributed by atoms with Crippen LogP contribution in [-0.4, -0.2) is 90.8 Å². The summed E-state index contributed by atoms with van der Waals surface area (Å²) in [6, 6.07) is 13.9. The Kier molecular flexibility index (Phi) is 8.40. The zero-order valence-corrected chi connectivity index (χ0v) is 21.9. The molecule has 2 heterocycles. The van der Waals surface area contributed by atoms with Crippen LogP contribution < -0.4 is 5.32 Å². The Morgan fingerprint density at radius 2 is 1.56 bits per heavy atom. The monoisotopic (exact) mass is 534 g/mol. The van der Waals surface area contributed by atoms with Crippen molar-refractivity contribution >= 4 is 46.1 Å². The van der Waals surface area contributed by atoms with E-state index < -0.39 is 35.6 Å². The van der Waals surface area contributed by atoms with Crippen LogP contribution in [0.15, 0.2) is 54.7 Å². The van der Waals surface area contributed by atoms with Crippen LogP contribution in [0.4, 0.5) is 5.69 Å². The highest BCUT2D eigenvalue weighted by atomic mass is 16.5. The van der Waals surface area contributed by atoms with Gasteiger partial charge in [0, 0.05) is 50.4 Å². The fraction of sp³-hybridized carbons (Fsp3) is 0.321. The number of aromatic amines is 1. The summed E-state index contributed by atoms with van der Waals surface area (Å²) in [5.74, 6) is -3.47. The summed E-state index contributed by atoms with van der Waals surface area (Å²) in [5, 5.41) is 3.18. The van der Waals surface area contributed by atoms with Crippen LogP contribution in [0.5, 0.6) is 0 Å². The molecule has 2 N–H and O–H groups in total. The molecule has 1 aliphatic rings. The molecule has 3 aromatic rings. The van der Waals surface area contributed by atoms with Crippen LogP contribution in [0, 0.1) is 5.92 Å². The van der Waals surface area contributed by atoms with Crippen LogP contribution in [0.3, 0.4) is 0 Å². The van der Waals surface area contributed by atoms with E-state index in [0.717, 1.165) is 0 Å². The average Bonchev–Trinajstić information content (AvgIpc) is 3.41. The Hall–Kier alpha value is -4.51. The quantitative estimate of drug-likeness (QED) is 0.256. The lowest BCUT2D eigenvalue weighted by Crippen LogP contribution is -2.52. The lowest BCUT2D eigenvalue weighted by atomic mass is 10.0. The molecule has 39 heavy (non-hydrogen) atoms. The van der Waals surface area contributed by atoms with Gasteiger partial charge >= 0.3 is 5.97 Å². The normalized spacial score (nSPS) is 14.9. The van der Waals surface area contributed by atoms with Gasteiger partial charge in [-0.3, -0.25) is 24.0 Å². The lowest BCUT2D eigenvalue weighted by molar-refractivity contribution is -0.153. The molecule has 1 aliphatic heterocycles. The van der Waals surface area contributed by atoms with E-state index >= 15 is 0 Å². The van der Waals surface area contributed by atoms with Crippen LogP contribution in [0.25, 0.3) is 10.9 Å². The molecule has 1 unspecified atom stereocenters. The standard InChI is InChI=1S/C28H30N4O7/c1-17(28(37)39-3)24(38-2)25(34)30-21-11-7-10-19-20(16-29-22(19)21)23(33)27(36)32-14-12-31(13-15-32)26(35)18-8-5-4-6-9-18/h4-11,16-17,24,29H,12-15H2,1-3H3,(H,30,34)/t17?,24-/m1/s1. The van der Waals surface area contributed by atoms with Gasteiger partial charge in [-0.1, -0.05) is 30.3 Å². The number of Topliss-reactive ketones (excluding diaryl/α,β-unsaturated/α-hetero) is 1. The van der Waals surface area contributed by atoms with Crippen molar-refractivity contribution in [2.24, 2.45) is 5.92 Å². The SMILES string of the molecule is COC(=O)C(C)[C@@H](OC)C(=O)Nc1cccc2c(C(=O)C(=O)N3CCN(C(=O)c4ccccc4)CC3)c[nH]c12. The Bertz CT molecular complexity index is 1390. The molecule has 0 saturated carbocycles. The molecule has 1 fully saturated rings. The van der Waals surface area contributed by atoms with E-state index in [2.05, 4.69) is 10.3 Å². The number of amides is 3. The number of fused-ring (bicyclic) bond motifs is 1. The fourth-order valence-corrected chi connectivity index (χ4v) is 4.63. The van der Waals surface area contributed by atoms with Crippen molar-refractivity contribution in [2.45, 2.75) is 13.0 Å². The summed E-state index contributed by atoms with van der Waals surface area (Å²) in [5.41, 5.74) is 1.55. The van der Waals surface area contributed by atoms with Gasteiger partial charge < -0.3 is 29.6 Å². The van der Waals surface area contributed by atoms with Crippen molar-refractivity contribution in [1.29, 1.82) is 0 Å². The average molecular weight is 535 g/mol. The van der Waals surface area contributed by atoms with Crippen molar-refractivity contribution in [3.8, 4) is 0 Å². The van der Waals surface area contributed by atoms with E-state index in [1.165, 1.54) is 32.2 Å². The highest BCUT2D eigenvalue weighted by molar-refractivity contribution is 6.45. The number of para-hydroxylation sites is 1. The number of H-pyrrole nitrogens is 1. The van der Waals surface area contributed by atoms with Gasteiger partial charge in [-0.2, -0.15) is 0 Å². The first kappa shape index (κ1) is 27.5. The van der Waals surface area contributed by atoms with Crippen LogP contribution in [-0.2, 0) is 23.9 Å². The fourth-order valence-electron chi connectivity index (χ4n) is 4.63. The van der Waals surface area contributed by atoms with Crippen LogP contribution >= 0.6 is 0 Å². The summed E-state index contributed by atoms with van der Waals surface area (Å²) >= 11 is 0. The number of benzene rings is 2. The molecule has 0 spiro atoms. The van der Waals surface area contributed by atoms with Gasteiger partial charge in [0.05, 0.1) is 29.8 Å². The molecule has 4 rings (SSSR count). The summed E-state index contributed by atoms with van der Waals surface area (Å²) < 4.78 is 9.93. The molecule has 0 radical (unpaired) electrons. The Morgan fingerprint density at radius 1 is 0.897 bits per heavy atom. The van der Waals surface area contributed by atoms with Crippen molar-refractivity contribution < 1.29 is 33.4 Å². The molecule has 0 aliphatic carbocycles. The van der Waals surface area contributed by atoms with Crippen molar-refractivity contribution in [2.75, 3.05) is 45.7 Å². The van der Waals surface area contributed by atoms with Crippen molar-refractivity contribution in [1.82, 2.24) is 14.8 Å². The van der Waals surface area contributed by atoms with Crippen LogP contribution in [0.2, 0.25) is 0 Å². The first-order chi connectivity index (χ1) is 18.8. The van der Waals surface area contributed by atoms with Crippen molar-refractivity contribution in [3.63, 3.8) is 0 Å². The third-order valence-electron chi connectivity index (χ3n) is 6.83. The molecular formula is C28H30N4O7. The molecule has 1 saturated heterocycles. The van der Waals surface area contributed by atoms with Crippen LogP contribution in [0.1, 0.15) is 27.6 Å². The van der Waals surface area contributed by atoms with E-state index in [4.69, 9.17) is 9.47 Å². The second-order valence-electron chi connectivity index (χ2n) is 9.17. The number of esters is 1. The summed E-state index contributed by atoms with van der Waals surface area (Å²) in [4.78, 5) is 69.8. The second-order valence-corrected chi connectivity index (χ2v) is 9.17. The number of anilines is 1. The highest BCUT2D eigenvalue weighted by Gasteiger charge is 2.33. The third-order valence-corrected chi connectivity index (χ3v) is 6.83. The largest absolute Gasteiger partial charge is 0.469 e. The summed E-state index contributed by atoms with van der Waals surface area (Å²) in [6.07, 6.45) is 0.332. The number of ketones is 1. The zero-order valence-electron chi connectivity index (χ0n) is 21.9. The van der Waals surface area contributed by atoms with Gasteiger partial charge in [0.25, 0.3) is 23.5 Å². The lowest BCUT2D eigenvalue weighted by Gasteiger charge is -2.34. The minimum atomic E-state index is -1.10. The number of hydrogen-bond donors (Lipinski definition) is 2. The van der Waals surface area contributed by atoms with E-state index in [0.29, 0.717) is 35.2 Å². The molecule has 11 heteroatoms. The minimum absolute atomic E-state index is 0.114. The maximum Gasteiger partial charge on any atom is 0.311 e. The number of rotatable bonds is 8. The first-order valence-electron chi connectivity index (χ1n) is 12.5. The number of nitrogens with one attached hydrogen (secondary N) is 2. The molecule has 3 amide bonds. The number of hydrogen-bond acceptors (Lipinski definition) is 7. The number of piperazine rings is 1. The predicted molar refractivity (Wildman–Crippen MR) is 142 cm³/mol. The second kappa shape index (κ2) is 11.9. The molecule has 1 aromatic heterocycles. The topological polar surface area (TPSA) is 138 Å². The molecule has 204 valence electrons. The number of methoxy groups -OCH3 is 2. The maximum absolute atomic E-state index is 13.2. The number of aromatic nitrogens is 1. The number of carbonyl (C=O) groups excluding carboxylic acids is 5. The molecule has 2 aromatic carbocycles. The smallest absolute Gasteiger partial charge is 0.311 e. The predicted octanol–water partition coefficient (Wildman–Crippen LogP) is 2.10. The van der Waals surface area contributed by atoms with Gasteiger partial charge in [-0.25, -0.2) is 0 Å². The van der Waals surface area contributed by atoms with Gasteiger partial charge in [0.15, 0.2) is 0 Å². The molecular weight excluding hydrogens is 504 g/mol. The van der Waals surface area contributed by atoms with Gasteiger partial charge in [-0.15, -0.1) is 0 Å². The maximum atomic E-state index is 13.2. The first-order valence-corrected chi connectivity index (χ1v) is 12.5. The van der Waals surface area contributed by atoms with E-state index in [1.807, 2.05) is 6.07 Å². The highest BCUT2D eigenvalue weighted by Crippen LogP contribution is 2.27. The summed E-state index contributed by atoms with van der Waals surface area (Å²) in [6.45, 7) is 2.64. The number of carbonyl (C=O) groups is 5. The van der Waals surface area contributed by atoms with E-state index in [-0.39, 0.29) is 24.6 Å². The van der Waals surface area contributed by atoms with E-state index in [1.54, 1.807) is 47.4 Å². The van der Waals surface area contributed by atoms with Gasteiger partial charge in [-0.05, 0) is 25.1 Å². The van der Waals surface area contributed by atoms with Gasteiger partial charge in [0.2, 0.25) is 0 Å². The Labute approximate surface area is 225 Å². The van der Waals surface area contributed by atoms with Gasteiger partial charge in [0.1, 0.15) is 6.10 Å². The number of nitrogens with zero attached hydrogens (tertiary/aromatic N) is 2. The zero-order chi connectivity index (χ0) is 28.1. The Balaban J connectivity index is 1.45. The number of ether oxygens (including phenoxy) is 2.